The maximum Gasteiger partial charge on any atom is 0.223 e. The minimum absolute atomic E-state index is 0.0489. The topological polar surface area (TPSA) is 43.9 Å². The van der Waals surface area contributed by atoms with Crippen LogP contribution in [0.5, 0.6) is 0 Å². The lowest BCUT2D eigenvalue weighted by Crippen LogP contribution is -2.51. The van der Waals surface area contributed by atoms with Gasteiger partial charge in [-0.3, -0.25) is 9.59 Å². The summed E-state index contributed by atoms with van der Waals surface area (Å²) < 4.78 is 13.0. The van der Waals surface area contributed by atoms with E-state index >= 15 is 0 Å². The van der Waals surface area contributed by atoms with E-state index in [1.807, 2.05) is 35.7 Å². The fraction of sp³-hybridized carbons (Fsp3) is 0.579. The Morgan fingerprint density at radius 1 is 1.04 bits per heavy atom. The second-order valence-electron chi connectivity index (χ2n) is 6.97. The lowest BCUT2D eigenvalue weighted by Gasteiger charge is -2.35. The van der Waals surface area contributed by atoms with Crippen LogP contribution in [0.2, 0.25) is 0 Å². The predicted octanol–water partition coefficient (Wildman–Crippen LogP) is 1.94. The summed E-state index contributed by atoms with van der Waals surface area (Å²) in [4.78, 5) is 30.3. The summed E-state index contributed by atoms with van der Waals surface area (Å²) >= 11 is 0. The number of rotatable bonds is 6. The van der Waals surface area contributed by atoms with Gasteiger partial charge in [0.25, 0.3) is 0 Å². The molecule has 2 amide bonds. The number of carbonyl (C=O) groups excluding carboxylic acids is 2. The number of hydrogen-bond donors (Lipinski definition) is 0. The Balaban J connectivity index is 1.78. The van der Waals surface area contributed by atoms with Crippen molar-refractivity contribution in [3.8, 4) is 0 Å². The van der Waals surface area contributed by atoms with Gasteiger partial charge < -0.3 is 14.7 Å². The molecular formula is C19H28FN3O2. The van der Waals surface area contributed by atoms with Gasteiger partial charge in [-0.1, -0.05) is 19.1 Å². The normalized spacial score (nSPS) is 16.2. The molecule has 1 aliphatic rings. The summed E-state index contributed by atoms with van der Waals surface area (Å²) in [7, 11) is 3.90. The van der Waals surface area contributed by atoms with Crippen LogP contribution in [0.4, 0.5) is 4.39 Å². The van der Waals surface area contributed by atoms with Crippen LogP contribution in [0.3, 0.4) is 0 Å². The molecule has 0 saturated carbocycles. The molecule has 0 N–H and O–H groups in total. The molecule has 138 valence electrons. The van der Waals surface area contributed by atoms with E-state index in [1.165, 1.54) is 12.1 Å². The van der Waals surface area contributed by atoms with Crippen molar-refractivity contribution >= 4 is 11.8 Å². The lowest BCUT2D eigenvalue weighted by atomic mass is 9.97. The number of nitrogens with zero attached hydrogens (tertiary/aromatic N) is 3. The number of amides is 2. The maximum atomic E-state index is 13.0. The van der Waals surface area contributed by atoms with Gasteiger partial charge in [0.1, 0.15) is 5.82 Å². The monoisotopic (exact) mass is 349 g/mol. The van der Waals surface area contributed by atoms with E-state index in [1.54, 1.807) is 12.1 Å². The van der Waals surface area contributed by atoms with Crippen molar-refractivity contribution in [2.45, 2.75) is 25.7 Å². The van der Waals surface area contributed by atoms with E-state index < -0.39 is 0 Å². The predicted molar refractivity (Wildman–Crippen MR) is 95.8 cm³/mol. The number of carbonyl (C=O) groups is 2. The van der Waals surface area contributed by atoms with Crippen molar-refractivity contribution in [1.82, 2.24) is 14.7 Å². The van der Waals surface area contributed by atoms with Gasteiger partial charge in [-0.2, -0.15) is 0 Å². The largest absolute Gasteiger partial charge is 0.339 e. The molecule has 1 aliphatic heterocycles. The Kier molecular flexibility index (Phi) is 6.93. The van der Waals surface area contributed by atoms with Gasteiger partial charge in [-0.25, -0.2) is 4.39 Å². The first-order valence-electron chi connectivity index (χ1n) is 8.82. The highest BCUT2D eigenvalue weighted by molar-refractivity contribution is 5.79. The third-order valence-electron chi connectivity index (χ3n) is 4.68. The van der Waals surface area contributed by atoms with Crippen LogP contribution in [0.1, 0.15) is 31.2 Å². The molecule has 0 bridgehead atoms. The molecule has 1 heterocycles. The highest BCUT2D eigenvalue weighted by Gasteiger charge is 2.25. The second kappa shape index (κ2) is 8.94. The SMILES string of the molecule is CC(CC(=O)N1CCN(C(=O)CCN(C)C)CC1)c1ccc(F)cc1. The molecule has 0 aliphatic carbocycles. The van der Waals surface area contributed by atoms with Crippen LogP contribution >= 0.6 is 0 Å². The molecule has 1 atom stereocenters. The zero-order chi connectivity index (χ0) is 18.4. The van der Waals surface area contributed by atoms with Gasteiger partial charge in [-0.05, 0) is 37.7 Å². The summed E-state index contributed by atoms with van der Waals surface area (Å²) in [6.07, 6.45) is 0.919. The van der Waals surface area contributed by atoms with Crippen LogP contribution < -0.4 is 0 Å². The summed E-state index contributed by atoms with van der Waals surface area (Å²) in [5.41, 5.74) is 0.965. The van der Waals surface area contributed by atoms with Crippen molar-refractivity contribution < 1.29 is 14.0 Å². The second-order valence-corrected chi connectivity index (χ2v) is 6.97. The third kappa shape index (κ3) is 5.81. The first-order chi connectivity index (χ1) is 11.9. The Labute approximate surface area is 149 Å². The molecule has 1 aromatic rings. The first-order valence-corrected chi connectivity index (χ1v) is 8.82. The van der Waals surface area contributed by atoms with Crippen molar-refractivity contribution in [3.05, 3.63) is 35.6 Å². The minimum Gasteiger partial charge on any atom is -0.339 e. The smallest absolute Gasteiger partial charge is 0.223 e. The van der Waals surface area contributed by atoms with Crippen molar-refractivity contribution in [2.24, 2.45) is 0 Å². The summed E-state index contributed by atoms with van der Waals surface area (Å²) in [6.45, 7) is 5.09. The Hall–Kier alpha value is -1.95. The van der Waals surface area contributed by atoms with Crippen molar-refractivity contribution in [3.63, 3.8) is 0 Å². The van der Waals surface area contributed by atoms with E-state index in [0.717, 1.165) is 12.1 Å². The first kappa shape index (κ1) is 19.4. The number of benzene rings is 1. The van der Waals surface area contributed by atoms with Crippen LogP contribution in [0.15, 0.2) is 24.3 Å². The molecule has 1 aromatic carbocycles. The van der Waals surface area contributed by atoms with Gasteiger partial charge in [0.05, 0.1) is 0 Å². The maximum absolute atomic E-state index is 13.0. The molecule has 0 radical (unpaired) electrons. The molecule has 0 aromatic heterocycles. The highest BCUT2D eigenvalue weighted by Crippen LogP contribution is 2.21. The number of hydrogen-bond acceptors (Lipinski definition) is 3. The molecule has 25 heavy (non-hydrogen) atoms. The fourth-order valence-electron chi connectivity index (χ4n) is 2.98. The molecule has 5 nitrogen and oxygen atoms in total. The average molecular weight is 349 g/mol. The summed E-state index contributed by atoms with van der Waals surface area (Å²) in [5, 5.41) is 0. The van der Waals surface area contributed by atoms with Crippen LogP contribution in [0.25, 0.3) is 0 Å². The lowest BCUT2D eigenvalue weighted by molar-refractivity contribution is -0.139. The highest BCUT2D eigenvalue weighted by atomic mass is 19.1. The Morgan fingerprint density at radius 3 is 2.08 bits per heavy atom. The Morgan fingerprint density at radius 2 is 1.56 bits per heavy atom. The van der Waals surface area contributed by atoms with Crippen molar-refractivity contribution in [1.29, 1.82) is 0 Å². The van der Waals surface area contributed by atoms with Crippen LogP contribution in [-0.4, -0.2) is 73.3 Å². The van der Waals surface area contributed by atoms with Gasteiger partial charge >= 0.3 is 0 Å². The molecule has 0 spiro atoms. The third-order valence-corrected chi connectivity index (χ3v) is 4.68. The van der Waals surface area contributed by atoms with E-state index in [4.69, 9.17) is 0 Å². The van der Waals surface area contributed by atoms with Crippen LogP contribution in [-0.2, 0) is 9.59 Å². The zero-order valence-corrected chi connectivity index (χ0v) is 15.4. The quantitative estimate of drug-likeness (QED) is 0.788. The van der Waals surface area contributed by atoms with Gasteiger partial charge in [0.15, 0.2) is 0 Å². The average Bonchev–Trinajstić information content (AvgIpc) is 2.60. The molecule has 1 saturated heterocycles. The molecular weight excluding hydrogens is 321 g/mol. The van der Waals surface area contributed by atoms with Gasteiger partial charge in [-0.15, -0.1) is 0 Å². The number of halogens is 1. The van der Waals surface area contributed by atoms with Crippen LogP contribution in [0, 0.1) is 5.82 Å². The van der Waals surface area contributed by atoms with E-state index in [2.05, 4.69) is 0 Å². The van der Waals surface area contributed by atoms with E-state index in [9.17, 15) is 14.0 Å². The minimum atomic E-state index is -0.266. The molecule has 1 fully saturated rings. The van der Waals surface area contributed by atoms with E-state index in [0.29, 0.717) is 39.0 Å². The molecule has 2 rings (SSSR count). The molecule has 6 heteroatoms. The fourth-order valence-corrected chi connectivity index (χ4v) is 2.98. The zero-order valence-electron chi connectivity index (χ0n) is 15.4. The summed E-state index contributed by atoms with van der Waals surface area (Å²) in [6, 6.07) is 6.31. The van der Waals surface area contributed by atoms with Gasteiger partial charge in [0.2, 0.25) is 11.8 Å². The standard InChI is InChI=1S/C19H28FN3O2/c1-15(16-4-6-17(20)7-5-16)14-19(25)23-12-10-22(11-13-23)18(24)8-9-21(2)3/h4-7,15H,8-14H2,1-3H3. The summed E-state index contributed by atoms with van der Waals surface area (Å²) in [5.74, 6) is 0.0304. The number of piperazine rings is 1. The van der Waals surface area contributed by atoms with Gasteiger partial charge in [0, 0.05) is 45.6 Å². The Bertz CT molecular complexity index is 581. The van der Waals surface area contributed by atoms with Crippen molar-refractivity contribution in [2.75, 3.05) is 46.8 Å². The molecule has 1 unspecified atom stereocenters. The van der Waals surface area contributed by atoms with E-state index in [-0.39, 0.29) is 23.5 Å².